The highest BCUT2D eigenvalue weighted by Gasteiger charge is 2.30. The number of aromatic nitrogens is 1. The maximum atomic E-state index is 12.6. The molecule has 0 fully saturated rings. The third-order valence-corrected chi connectivity index (χ3v) is 5.66. The quantitative estimate of drug-likeness (QED) is 0.624. The second kappa shape index (κ2) is 6.27. The van der Waals surface area contributed by atoms with Gasteiger partial charge in [0.25, 0.3) is 11.8 Å². The number of hydrogen-bond acceptors (Lipinski definition) is 3. The summed E-state index contributed by atoms with van der Waals surface area (Å²) in [5, 5.41) is 1.71. The summed E-state index contributed by atoms with van der Waals surface area (Å²) >= 11 is 0. The second-order valence-corrected chi connectivity index (χ2v) is 7.20. The van der Waals surface area contributed by atoms with Gasteiger partial charge in [0, 0.05) is 41.9 Å². The van der Waals surface area contributed by atoms with Crippen LogP contribution in [0, 0.1) is 0 Å². The predicted molar refractivity (Wildman–Crippen MR) is 109 cm³/mol. The van der Waals surface area contributed by atoms with Crippen molar-refractivity contribution in [1.82, 2.24) is 9.88 Å². The van der Waals surface area contributed by atoms with Gasteiger partial charge < -0.3 is 0 Å². The molecule has 2 aliphatic rings. The van der Waals surface area contributed by atoms with Gasteiger partial charge in [-0.1, -0.05) is 36.4 Å². The SMILES string of the molecule is CN1C(=O)c2cccc3c(C4=CCC(c5ccncc5)C=C4)ccc(c23)C1=O. The van der Waals surface area contributed by atoms with Crippen LogP contribution in [0.15, 0.2) is 73.1 Å². The first-order chi connectivity index (χ1) is 13.6. The lowest BCUT2D eigenvalue weighted by Crippen LogP contribution is -2.36. The van der Waals surface area contributed by atoms with Crippen molar-refractivity contribution in [3.05, 3.63) is 95.3 Å². The van der Waals surface area contributed by atoms with Crippen molar-refractivity contribution in [2.45, 2.75) is 12.3 Å². The molecule has 0 saturated heterocycles. The molecular formula is C24H18N2O2. The molecule has 4 heteroatoms. The molecule has 1 aromatic heterocycles. The van der Waals surface area contributed by atoms with Crippen molar-refractivity contribution in [2.75, 3.05) is 7.05 Å². The zero-order valence-corrected chi connectivity index (χ0v) is 15.4. The van der Waals surface area contributed by atoms with Crippen LogP contribution in [0.1, 0.15) is 44.2 Å². The Labute approximate surface area is 162 Å². The molecular weight excluding hydrogens is 348 g/mol. The molecule has 1 aliphatic heterocycles. The number of nitrogens with zero attached hydrogens (tertiary/aromatic N) is 2. The number of hydrogen-bond donors (Lipinski definition) is 0. The van der Waals surface area contributed by atoms with E-state index in [4.69, 9.17) is 0 Å². The smallest absolute Gasteiger partial charge is 0.261 e. The van der Waals surface area contributed by atoms with Crippen LogP contribution >= 0.6 is 0 Å². The number of carbonyl (C=O) groups is 2. The normalized spacial score (nSPS) is 18.5. The summed E-state index contributed by atoms with van der Waals surface area (Å²) in [4.78, 5) is 30.4. The van der Waals surface area contributed by atoms with E-state index < -0.39 is 0 Å². The van der Waals surface area contributed by atoms with E-state index in [0.29, 0.717) is 17.0 Å². The molecule has 3 aromatic rings. The van der Waals surface area contributed by atoms with E-state index in [1.807, 2.05) is 48.8 Å². The number of carbonyl (C=O) groups excluding carboxylic acids is 2. The highest BCUT2D eigenvalue weighted by molar-refractivity contribution is 6.26. The van der Waals surface area contributed by atoms with E-state index in [0.717, 1.165) is 28.3 Å². The van der Waals surface area contributed by atoms with Gasteiger partial charge in [0.2, 0.25) is 0 Å². The van der Waals surface area contributed by atoms with Crippen LogP contribution < -0.4 is 0 Å². The minimum atomic E-state index is -0.244. The lowest BCUT2D eigenvalue weighted by molar-refractivity contribution is 0.0650. The van der Waals surface area contributed by atoms with Gasteiger partial charge in [-0.2, -0.15) is 0 Å². The first kappa shape index (κ1) is 16.6. The minimum Gasteiger partial charge on any atom is -0.277 e. The molecule has 2 amide bonds. The third kappa shape index (κ3) is 2.42. The molecule has 28 heavy (non-hydrogen) atoms. The molecule has 0 N–H and O–H groups in total. The molecule has 0 saturated carbocycles. The third-order valence-electron chi connectivity index (χ3n) is 5.66. The van der Waals surface area contributed by atoms with Crippen molar-refractivity contribution in [1.29, 1.82) is 0 Å². The highest BCUT2D eigenvalue weighted by atomic mass is 16.2. The van der Waals surface area contributed by atoms with E-state index in [2.05, 4.69) is 23.2 Å². The van der Waals surface area contributed by atoms with Gasteiger partial charge in [-0.25, -0.2) is 0 Å². The molecule has 0 spiro atoms. The van der Waals surface area contributed by atoms with Gasteiger partial charge in [-0.05, 0) is 52.8 Å². The number of rotatable bonds is 2. The van der Waals surface area contributed by atoms with E-state index >= 15 is 0 Å². The zero-order chi connectivity index (χ0) is 19.3. The van der Waals surface area contributed by atoms with Gasteiger partial charge in [-0.15, -0.1) is 0 Å². The Morgan fingerprint density at radius 1 is 0.929 bits per heavy atom. The summed E-state index contributed by atoms with van der Waals surface area (Å²) in [6.07, 6.45) is 11.1. The van der Waals surface area contributed by atoms with Crippen LogP contribution in [0.3, 0.4) is 0 Å². The minimum absolute atomic E-state index is 0.244. The zero-order valence-electron chi connectivity index (χ0n) is 15.4. The average Bonchev–Trinajstić information content (AvgIpc) is 2.76. The Morgan fingerprint density at radius 3 is 2.36 bits per heavy atom. The molecule has 1 atom stereocenters. The predicted octanol–water partition coefficient (Wildman–Crippen LogP) is 4.59. The average molecular weight is 366 g/mol. The van der Waals surface area contributed by atoms with E-state index in [1.165, 1.54) is 17.5 Å². The van der Waals surface area contributed by atoms with Gasteiger partial charge in [0.15, 0.2) is 0 Å². The van der Waals surface area contributed by atoms with Crippen LogP contribution in [-0.2, 0) is 0 Å². The van der Waals surface area contributed by atoms with E-state index in [-0.39, 0.29) is 11.8 Å². The van der Waals surface area contributed by atoms with Crippen molar-refractivity contribution in [3.63, 3.8) is 0 Å². The summed E-state index contributed by atoms with van der Waals surface area (Å²) in [5.74, 6) is -0.152. The fraction of sp³-hybridized carbons (Fsp3) is 0.125. The van der Waals surface area contributed by atoms with Gasteiger partial charge in [-0.3, -0.25) is 19.5 Å². The molecule has 1 unspecified atom stereocenters. The molecule has 1 aliphatic carbocycles. The topological polar surface area (TPSA) is 50.3 Å². The molecule has 4 nitrogen and oxygen atoms in total. The second-order valence-electron chi connectivity index (χ2n) is 7.20. The first-order valence-corrected chi connectivity index (χ1v) is 9.32. The summed E-state index contributed by atoms with van der Waals surface area (Å²) < 4.78 is 0. The van der Waals surface area contributed by atoms with Gasteiger partial charge >= 0.3 is 0 Å². The number of benzene rings is 2. The van der Waals surface area contributed by atoms with E-state index in [9.17, 15) is 9.59 Å². The van der Waals surface area contributed by atoms with Crippen molar-refractivity contribution < 1.29 is 9.59 Å². The largest absolute Gasteiger partial charge is 0.277 e. The van der Waals surface area contributed by atoms with Crippen LogP contribution in [0.2, 0.25) is 0 Å². The van der Waals surface area contributed by atoms with E-state index in [1.54, 1.807) is 6.07 Å². The van der Waals surface area contributed by atoms with Crippen LogP contribution in [-0.4, -0.2) is 28.7 Å². The lowest BCUT2D eigenvalue weighted by Gasteiger charge is -2.25. The summed E-state index contributed by atoms with van der Waals surface area (Å²) in [5.41, 5.74) is 4.60. The monoisotopic (exact) mass is 366 g/mol. The van der Waals surface area contributed by atoms with Crippen LogP contribution in [0.5, 0.6) is 0 Å². The lowest BCUT2D eigenvalue weighted by atomic mass is 9.85. The van der Waals surface area contributed by atoms with Gasteiger partial charge in [0.1, 0.15) is 0 Å². The highest BCUT2D eigenvalue weighted by Crippen LogP contribution is 2.37. The first-order valence-electron chi connectivity index (χ1n) is 9.32. The number of amides is 2. The molecule has 2 aromatic carbocycles. The van der Waals surface area contributed by atoms with Crippen LogP contribution in [0.25, 0.3) is 16.3 Å². The molecule has 2 heterocycles. The van der Waals surface area contributed by atoms with Gasteiger partial charge in [0.05, 0.1) is 0 Å². The fourth-order valence-electron chi connectivity index (χ4n) is 4.15. The Morgan fingerprint density at radius 2 is 1.64 bits per heavy atom. The maximum Gasteiger partial charge on any atom is 0.261 e. The molecule has 136 valence electrons. The number of allylic oxidation sites excluding steroid dienone is 4. The Bertz CT molecular complexity index is 1170. The Hall–Kier alpha value is -3.53. The number of pyridine rings is 1. The van der Waals surface area contributed by atoms with Crippen molar-refractivity contribution in [3.8, 4) is 0 Å². The van der Waals surface area contributed by atoms with Crippen molar-refractivity contribution >= 4 is 28.2 Å². The summed E-state index contributed by atoms with van der Waals surface area (Å²) in [7, 11) is 1.53. The van der Waals surface area contributed by atoms with Crippen molar-refractivity contribution in [2.24, 2.45) is 0 Å². The number of imide groups is 1. The summed E-state index contributed by atoms with van der Waals surface area (Å²) in [6, 6.07) is 13.6. The Balaban J connectivity index is 1.60. The van der Waals surface area contributed by atoms with Crippen LogP contribution in [0.4, 0.5) is 0 Å². The standard InChI is InChI=1S/C24H18N2O2/c1-26-23(27)20-4-2-3-19-18(9-10-21(22(19)20)24(26)28)17-7-5-15(6-8-17)16-11-13-25-14-12-16/h2-5,7-15H,6H2,1H3. The summed E-state index contributed by atoms with van der Waals surface area (Å²) in [6.45, 7) is 0. The molecule has 5 rings (SSSR count). The maximum absolute atomic E-state index is 12.6. The fourth-order valence-corrected chi connectivity index (χ4v) is 4.15. The Kier molecular flexibility index (Phi) is 3.72. The molecule has 0 radical (unpaired) electrons. The molecule has 0 bridgehead atoms.